The number of nitrogens with two attached hydrogens (primary N) is 1. The number of hydrogen-bond acceptors (Lipinski definition) is 3. The van der Waals surface area contributed by atoms with E-state index in [2.05, 4.69) is 0 Å². The van der Waals surface area contributed by atoms with Crippen LogP contribution in [0.3, 0.4) is 0 Å². The molecule has 0 spiro atoms. The summed E-state index contributed by atoms with van der Waals surface area (Å²) in [5.41, 5.74) is 6.34. The van der Waals surface area contributed by atoms with Gasteiger partial charge in [-0.25, -0.2) is 0 Å². The van der Waals surface area contributed by atoms with Crippen LogP contribution in [0.1, 0.15) is 24.5 Å². The molecule has 1 aromatic rings. The van der Waals surface area contributed by atoms with Crippen LogP contribution < -0.4 is 5.73 Å². The number of rotatable bonds is 3. The molecule has 1 aromatic carbocycles. The average molecular weight is 303 g/mol. The lowest BCUT2D eigenvalue weighted by molar-refractivity contribution is -0.132. The Kier molecular flexibility index (Phi) is 4.68. The van der Waals surface area contributed by atoms with Gasteiger partial charge in [-0.3, -0.25) is 4.79 Å². The number of likely N-dealkylation sites (tertiary alicyclic amines) is 1. The Morgan fingerprint density at radius 3 is 2.79 bits per heavy atom. The third-order valence-corrected chi connectivity index (χ3v) is 4.01. The molecule has 6 heteroatoms. The molecule has 1 aliphatic rings. The van der Waals surface area contributed by atoms with Gasteiger partial charge >= 0.3 is 0 Å². The number of carbonyl (C=O) groups excluding carboxylic acids is 1. The first kappa shape index (κ1) is 14.6. The molecule has 1 fully saturated rings. The van der Waals surface area contributed by atoms with Gasteiger partial charge in [0.15, 0.2) is 0 Å². The molecule has 1 saturated heterocycles. The van der Waals surface area contributed by atoms with Crippen LogP contribution in [0.4, 0.5) is 0 Å². The Hall–Kier alpha value is -0.810. The monoisotopic (exact) mass is 302 g/mol. The lowest BCUT2D eigenvalue weighted by Gasteiger charge is -2.18. The Balaban J connectivity index is 1.98. The first-order valence-corrected chi connectivity index (χ1v) is 6.89. The average Bonchev–Trinajstić information content (AvgIpc) is 2.79. The molecule has 104 valence electrons. The van der Waals surface area contributed by atoms with Gasteiger partial charge in [-0.1, -0.05) is 29.3 Å². The zero-order valence-corrected chi connectivity index (χ0v) is 11.9. The van der Waals surface area contributed by atoms with Crippen LogP contribution >= 0.6 is 23.2 Å². The summed E-state index contributed by atoms with van der Waals surface area (Å²) in [6.07, 6.45) is -0.0293. The fourth-order valence-electron chi connectivity index (χ4n) is 2.15. The van der Waals surface area contributed by atoms with Gasteiger partial charge in [-0.2, -0.15) is 0 Å². The molecule has 1 unspecified atom stereocenters. The SMILES string of the molecule is N[C@@H]1CCN(C(=O)CC(O)c2ccc(Cl)c(Cl)c2)C1. The molecule has 4 nitrogen and oxygen atoms in total. The summed E-state index contributed by atoms with van der Waals surface area (Å²) in [5, 5.41) is 10.8. The highest BCUT2D eigenvalue weighted by Crippen LogP contribution is 2.27. The minimum atomic E-state index is -0.876. The second-order valence-corrected chi connectivity index (χ2v) is 5.60. The van der Waals surface area contributed by atoms with Crippen LogP contribution in [0, 0.1) is 0 Å². The third-order valence-electron chi connectivity index (χ3n) is 3.27. The third kappa shape index (κ3) is 3.60. The normalized spacial score (nSPS) is 20.6. The lowest BCUT2D eigenvalue weighted by atomic mass is 10.1. The fourth-order valence-corrected chi connectivity index (χ4v) is 2.45. The first-order chi connectivity index (χ1) is 8.97. The van der Waals surface area contributed by atoms with Gasteiger partial charge in [0.2, 0.25) is 5.91 Å². The zero-order valence-electron chi connectivity index (χ0n) is 10.4. The van der Waals surface area contributed by atoms with E-state index < -0.39 is 6.10 Å². The molecule has 2 atom stereocenters. The quantitative estimate of drug-likeness (QED) is 0.897. The van der Waals surface area contributed by atoms with Gasteiger partial charge in [0.1, 0.15) is 0 Å². The molecule has 0 saturated carbocycles. The van der Waals surface area contributed by atoms with Crippen LogP contribution in [0.25, 0.3) is 0 Å². The maximum atomic E-state index is 12.0. The van der Waals surface area contributed by atoms with E-state index in [0.29, 0.717) is 28.7 Å². The number of aliphatic hydroxyl groups excluding tert-OH is 1. The molecular formula is C13H16Cl2N2O2. The van der Waals surface area contributed by atoms with Crippen molar-refractivity contribution in [1.82, 2.24) is 4.90 Å². The highest BCUT2D eigenvalue weighted by Gasteiger charge is 2.25. The van der Waals surface area contributed by atoms with Gasteiger partial charge in [-0.15, -0.1) is 0 Å². The zero-order chi connectivity index (χ0) is 14.0. The van der Waals surface area contributed by atoms with E-state index in [1.54, 1.807) is 23.1 Å². The van der Waals surface area contributed by atoms with Crippen LogP contribution in [0.5, 0.6) is 0 Å². The summed E-state index contributed by atoms with van der Waals surface area (Å²) in [5.74, 6) is -0.0912. The van der Waals surface area contributed by atoms with E-state index in [1.165, 1.54) is 0 Å². The fraction of sp³-hybridized carbons (Fsp3) is 0.462. The molecule has 1 amide bonds. The van der Waals surface area contributed by atoms with Crippen molar-refractivity contribution in [2.75, 3.05) is 13.1 Å². The van der Waals surface area contributed by atoms with Gasteiger partial charge in [0, 0.05) is 19.1 Å². The number of hydrogen-bond donors (Lipinski definition) is 2. The van der Waals surface area contributed by atoms with Crippen molar-refractivity contribution in [1.29, 1.82) is 0 Å². The van der Waals surface area contributed by atoms with Crippen molar-refractivity contribution in [3.05, 3.63) is 33.8 Å². The van der Waals surface area contributed by atoms with E-state index in [4.69, 9.17) is 28.9 Å². The number of benzene rings is 1. The van der Waals surface area contributed by atoms with Crippen molar-refractivity contribution in [3.63, 3.8) is 0 Å². The number of nitrogens with zero attached hydrogens (tertiary/aromatic N) is 1. The van der Waals surface area contributed by atoms with E-state index in [1.807, 2.05) is 0 Å². The van der Waals surface area contributed by atoms with Crippen LogP contribution in [-0.2, 0) is 4.79 Å². The van der Waals surface area contributed by atoms with Crippen molar-refractivity contribution >= 4 is 29.1 Å². The summed E-state index contributed by atoms with van der Waals surface area (Å²) in [7, 11) is 0. The lowest BCUT2D eigenvalue weighted by Crippen LogP contribution is -2.32. The molecule has 3 N–H and O–H groups in total. The number of halogens is 2. The van der Waals surface area contributed by atoms with Gasteiger partial charge in [0.05, 0.1) is 22.6 Å². The summed E-state index contributed by atoms with van der Waals surface area (Å²) in [6.45, 7) is 1.22. The number of carbonyl (C=O) groups is 1. The maximum Gasteiger partial charge on any atom is 0.225 e. The largest absolute Gasteiger partial charge is 0.388 e. The standard InChI is InChI=1S/C13H16Cl2N2O2/c14-10-2-1-8(5-11(10)15)12(18)6-13(19)17-4-3-9(16)7-17/h1-2,5,9,12,18H,3-4,6-7,16H2/t9-,12?/m1/s1. The molecule has 0 aliphatic carbocycles. The second-order valence-electron chi connectivity index (χ2n) is 4.78. The van der Waals surface area contributed by atoms with Crippen molar-refractivity contribution in [3.8, 4) is 0 Å². The maximum absolute atomic E-state index is 12.0. The Labute approximate surface area is 122 Å². The van der Waals surface area contributed by atoms with Gasteiger partial charge in [0.25, 0.3) is 0 Å². The van der Waals surface area contributed by atoms with Crippen LogP contribution in [0.2, 0.25) is 10.0 Å². The number of aliphatic hydroxyl groups is 1. The molecule has 0 bridgehead atoms. The molecule has 0 aromatic heterocycles. The molecule has 0 radical (unpaired) electrons. The summed E-state index contributed by atoms with van der Waals surface area (Å²) < 4.78 is 0. The molecule has 19 heavy (non-hydrogen) atoms. The predicted molar refractivity (Wildman–Crippen MR) is 75.2 cm³/mol. The minimum absolute atomic E-state index is 0.0324. The smallest absolute Gasteiger partial charge is 0.225 e. The molecule has 1 aliphatic heterocycles. The van der Waals surface area contributed by atoms with Crippen molar-refractivity contribution in [2.45, 2.75) is 25.0 Å². The summed E-state index contributed by atoms with van der Waals surface area (Å²) in [4.78, 5) is 13.7. The predicted octanol–water partition coefficient (Wildman–Crippen LogP) is 1.98. The Bertz CT molecular complexity index is 482. The summed E-state index contributed by atoms with van der Waals surface area (Å²) in [6, 6.07) is 4.91. The molecule has 2 rings (SSSR count). The van der Waals surface area contributed by atoms with Crippen LogP contribution in [0.15, 0.2) is 18.2 Å². The highest BCUT2D eigenvalue weighted by atomic mass is 35.5. The summed E-state index contributed by atoms with van der Waals surface area (Å²) >= 11 is 11.7. The van der Waals surface area contributed by atoms with Crippen LogP contribution in [-0.4, -0.2) is 35.0 Å². The van der Waals surface area contributed by atoms with E-state index in [-0.39, 0.29) is 18.4 Å². The van der Waals surface area contributed by atoms with Gasteiger partial charge < -0.3 is 15.7 Å². The minimum Gasteiger partial charge on any atom is -0.388 e. The topological polar surface area (TPSA) is 66.6 Å². The van der Waals surface area contributed by atoms with Crippen molar-refractivity contribution < 1.29 is 9.90 Å². The highest BCUT2D eigenvalue weighted by molar-refractivity contribution is 6.42. The van der Waals surface area contributed by atoms with Crippen molar-refractivity contribution in [2.24, 2.45) is 5.73 Å². The molecular weight excluding hydrogens is 287 g/mol. The Morgan fingerprint density at radius 1 is 1.47 bits per heavy atom. The number of amides is 1. The van der Waals surface area contributed by atoms with E-state index in [0.717, 1.165) is 6.42 Å². The second kappa shape index (κ2) is 6.09. The first-order valence-electron chi connectivity index (χ1n) is 6.13. The van der Waals surface area contributed by atoms with Gasteiger partial charge in [-0.05, 0) is 24.1 Å². The Morgan fingerprint density at radius 2 is 2.21 bits per heavy atom. The van der Waals surface area contributed by atoms with E-state index >= 15 is 0 Å². The van der Waals surface area contributed by atoms with E-state index in [9.17, 15) is 9.90 Å². The molecule has 1 heterocycles.